The summed E-state index contributed by atoms with van der Waals surface area (Å²) in [5.41, 5.74) is 0. The lowest BCUT2D eigenvalue weighted by Gasteiger charge is -2.31. The van der Waals surface area contributed by atoms with Crippen molar-refractivity contribution in [3.8, 4) is 0 Å². The summed E-state index contributed by atoms with van der Waals surface area (Å²) in [6.07, 6.45) is 7.60. The molecule has 1 aliphatic rings. The molecule has 1 aliphatic carbocycles. The molecule has 16 heavy (non-hydrogen) atoms. The van der Waals surface area contributed by atoms with Crippen molar-refractivity contribution in [2.24, 2.45) is 11.8 Å². The number of hydrogen-bond acceptors (Lipinski definition) is 2. The van der Waals surface area contributed by atoms with E-state index in [2.05, 4.69) is 25.7 Å². The van der Waals surface area contributed by atoms with Crippen LogP contribution in [-0.4, -0.2) is 24.1 Å². The molecule has 2 heteroatoms. The van der Waals surface area contributed by atoms with Gasteiger partial charge in [-0.15, -0.1) is 6.58 Å². The van der Waals surface area contributed by atoms with Gasteiger partial charge in [0.25, 0.3) is 0 Å². The first-order valence-corrected chi connectivity index (χ1v) is 7.81. The smallest absolute Gasteiger partial charge is 0.0111 e. The molecular weight excluding hydrogens is 214 g/mol. The van der Waals surface area contributed by atoms with Gasteiger partial charge in [-0.25, -0.2) is 0 Å². The molecule has 0 aliphatic heterocycles. The summed E-state index contributed by atoms with van der Waals surface area (Å²) >= 11 is 1.97. The Hall–Kier alpha value is 0.0500. The second-order valence-electron chi connectivity index (χ2n) is 5.17. The van der Waals surface area contributed by atoms with Gasteiger partial charge in [0.05, 0.1) is 0 Å². The van der Waals surface area contributed by atoms with Gasteiger partial charge in [0.15, 0.2) is 0 Å². The molecule has 1 fully saturated rings. The number of hydrogen-bond donors (Lipinski definition) is 1. The van der Waals surface area contributed by atoms with E-state index < -0.39 is 0 Å². The number of rotatable bonds is 7. The minimum Gasteiger partial charge on any atom is -0.313 e. The van der Waals surface area contributed by atoms with Crippen LogP contribution in [0.5, 0.6) is 0 Å². The highest BCUT2D eigenvalue weighted by molar-refractivity contribution is 7.99. The van der Waals surface area contributed by atoms with Crippen LogP contribution in [-0.2, 0) is 0 Å². The van der Waals surface area contributed by atoms with Crippen LogP contribution < -0.4 is 5.32 Å². The van der Waals surface area contributed by atoms with Crippen LogP contribution in [0.2, 0.25) is 0 Å². The van der Waals surface area contributed by atoms with Crippen LogP contribution in [0.15, 0.2) is 12.7 Å². The first-order valence-electron chi connectivity index (χ1n) is 6.66. The van der Waals surface area contributed by atoms with Gasteiger partial charge in [-0.3, -0.25) is 0 Å². The summed E-state index contributed by atoms with van der Waals surface area (Å²) in [7, 11) is 0. The fourth-order valence-electron chi connectivity index (χ4n) is 2.49. The van der Waals surface area contributed by atoms with E-state index in [-0.39, 0.29) is 0 Å². The third-order valence-electron chi connectivity index (χ3n) is 3.63. The highest BCUT2D eigenvalue weighted by Crippen LogP contribution is 2.29. The van der Waals surface area contributed by atoms with Gasteiger partial charge >= 0.3 is 0 Å². The maximum atomic E-state index is 3.73. The first-order chi connectivity index (χ1) is 7.74. The van der Waals surface area contributed by atoms with Crippen LogP contribution in [0.25, 0.3) is 0 Å². The Morgan fingerprint density at radius 1 is 1.31 bits per heavy atom. The summed E-state index contributed by atoms with van der Waals surface area (Å²) < 4.78 is 0. The van der Waals surface area contributed by atoms with Gasteiger partial charge in [-0.05, 0) is 37.5 Å². The lowest BCUT2D eigenvalue weighted by molar-refractivity contribution is 0.241. The van der Waals surface area contributed by atoms with E-state index >= 15 is 0 Å². The van der Waals surface area contributed by atoms with Gasteiger partial charge in [0, 0.05) is 24.1 Å². The molecule has 0 aromatic carbocycles. The Morgan fingerprint density at radius 3 is 2.56 bits per heavy atom. The summed E-state index contributed by atoms with van der Waals surface area (Å²) in [6.45, 7) is 9.62. The van der Waals surface area contributed by atoms with Crippen LogP contribution >= 0.6 is 11.8 Å². The quantitative estimate of drug-likeness (QED) is 0.539. The molecule has 94 valence electrons. The van der Waals surface area contributed by atoms with E-state index in [1.165, 1.54) is 31.4 Å². The summed E-state index contributed by atoms with van der Waals surface area (Å²) in [5.74, 6) is 4.16. The minimum absolute atomic E-state index is 0.791. The van der Waals surface area contributed by atoms with Crippen molar-refractivity contribution in [1.29, 1.82) is 0 Å². The Kier molecular flexibility index (Phi) is 7.22. The standard InChI is InChI=1S/C14H27NS/c1-4-10-16-11-9-15-14-7-5-13(6-8-14)12(2)3/h4,12-15H,1,5-11H2,2-3H3. The summed E-state index contributed by atoms with van der Waals surface area (Å²) in [6, 6.07) is 0.791. The molecule has 1 N–H and O–H groups in total. The molecule has 0 heterocycles. The van der Waals surface area contributed by atoms with Crippen LogP contribution in [0.4, 0.5) is 0 Å². The fraction of sp³-hybridized carbons (Fsp3) is 0.857. The predicted molar refractivity (Wildman–Crippen MR) is 76.1 cm³/mol. The first kappa shape index (κ1) is 14.1. The van der Waals surface area contributed by atoms with E-state index in [0.29, 0.717) is 0 Å². The lowest BCUT2D eigenvalue weighted by Crippen LogP contribution is -2.35. The second kappa shape index (κ2) is 8.19. The van der Waals surface area contributed by atoms with Crippen molar-refractivity contribution in [3.63, 3.8) is 0 Å². The third-order valence-corrected chi connectivity index (χ3v) is 4.59. The molecule has 0 saturated heterocycles. The predicted octanol–water partition coefficient (Wildman–Crippen LogP) is 3.71. The van der Waals surface area contributed by atoms with Gasteiger partial charge in [-0.2, -0.15) is 11.8 Å². The normalized spacial score (nSPS) is 25.9. The highest BCUT2D eigenvalue weighted by Gasteiger charge is 2.22. The van der Waals surface area contributed by atoms with Crippen molar-refractivity contribution >= 4 is 11.8 Å². The molecule has 0 aromatic rings. The monoisotopic (exact) mass is 241 g/mol. The summed E-state index contributed by atoms with van der Waals surface area (Å²) in [5, 5.41) is 3.68. The van der Waals surface area contributed by atoms with Gasteiger partial charge in [-0.1, -0.05) is 19.9 Å². The Morgan fingerprint density at radius 2 is 2.00 bits per heavy atom. The van der Waals surface area contributed by atoms with E-state index in [1.807, 2.05) is 17.8 Å². The minimum atomic E-state index is 0.791. The molecule has 1 saturated carbocycles. The molecule has 0 aromatic heterocycles. The van der Waals surface area contributed by atoms with E-state index in [9.17, 15) is 0 Å². The van der Waals surface area contributed by atoms with Crippen molar-refractivity contribution < 1.29 is 0 Å². The zero-order chi connectivity index (χ0) is 11.8. The molecule has 0 bridgehead atoms. The van der Waals surface area contributed by atoms with Gasteiger partial charge in [0.2, 0.25) is 0 Å². The third kappa shape index (κ3) is 5.40. The lowest BCUT2D eigenvalue weighted by atomic mass is 9.80. The second-order valence-corrected chi connectivity index (χ2v) is 6.32. The molecule has 0 unspecified atom stereocenters. The molecular formula is C14H27NS. The Balaban J connectivity index is 2.01. The van der Waals surface area contributed by atoms with Crippen molar-refractivity contribution in [2.75, 3.05) is 18.1 Å². The fourth-order valence-corrected chi connectivity index (χ4v) is 3.09. The van der Waals surface area contributed by atoms with Crippen molar-refractivity contribution in [1.82, 2.24) is 5.32 Å². The van der Waals surface area contributed by atoms with Crippen molar-refractivity contribution in [3.05, 3.63) is 12.7 Å². The molecule has 0 radical (unpaired) electrons. The average molecular weight is 241 g/mol. The molecule has 0 spiro atoms. The number of thioether (sulfide) groups is 1. The van der Waals surface area contributed by atoms with E-state index in [0.717, 1.165) is 30.2 Å². The van der Waals surface area contributed by atoms with E-state index in [1.54, 1.807) is 0 Å². The van der Waals surface area contributed by atoms with Crippen LogP contribution in [0.3, 0.4) is 0 Å². The zero-order valence-corrected chi connectivity index (χ0v) is 11.7. The molecule has 0 atom stereocenters. The molecule has 0 amide bonds. The van der Waals surface area contributed by atoms with Crippen LogP contribution in [0, 0.1) is 11.8 Å². The van der Waals surface area contributed by atoms with Gasteiger partial charge in [0.1, 0.15) is 0 Å². The molecule has 1 nitrogen and oxygen atoms in total. The largest absolute Gasteiger partial charge is 0.313 e. The SMILES string of the molecule is C=CCSCCNC1CCC(C(C)C)CC1. The number of nitrogens with one attached hydrogen (secondary N) is 1. The Bertz CT molecular complexity index is 183. The maximum absolute atomic E-state index is 3.73. The molecule has 1 rings (SSSR count). The highest BCUT2D eigenvalue weighted by atomic mass is 32.2. The van der Waals surface area contributed by atoms with E-state index in [4.69, 9.17) is 0 Å². The average Bonchev–Trinajstić information content (AvgIpc) is 2.29. The van der Waals surface area contributed by atoms with Crippen LogP contribution in [0.1, 0.15) is 39.5 Å². The summed E-state index contributed by atoms with van der Waals surface area (Å²) in [4.78, 5) is 0. The zero-order valence-electron chi connectivity index (χ0n) is 10.9. The maximum Gasteiger partial charge on any atom is 0.0111 e. The topological polar surface area (TPSA) is 12.0 Å². The van der Waals surface area contributed by atoms with Crippen molar-refractivity contribution in [2.45, 2.75) is 45.6 Å². The van der Waals surface area contributed by atoms with Gasteiger partial charge < -0.3 is 5.32 Å². The Labute approximate surface area is 105 Å².